The standard InChI is InChI=1S/C20H23ClN2O2/c1-11(2)19(10-24)23-20(25)12(3)13-4-6-15-16-9-14(21)5-7-17(16)22-18(15)8-13/h4-9,11-12,19,22,24H,10H2,1-3H3,(H,23,25)/t12-,19+/m1/s1. The van der Waals surface area contributed by atoms with E-state index in [-0.39, 0.29) is 30.4 Å². The van der Waals surface area contributed by atoms with Crippen LogP contribution in [0.2, 0.25) is 5.02 Å². The van der Waals surface area contributed by atoms with Gasteiger partial charge in [0.2, 0.25) is 5.91 Å². The van der Waals surface area contributed by atoms with Gasteiger partial charge in [-0.3, -0.25) is 4.79 Å². The van der Waals surface area contributed by atoms with Gasteiger partial charge in [-0.05, 0) is 42.7 Å². The highest BCUT2D eigenvalue weighted by atomic mass is 35.5. The summed E-state index contributed by atoms with van der Waals surface area (Å²) in [6.07, 6.45) is 0. The van der Waals surface area contributed by atoms with Crippen LogP contribution in [-0.4, -0.2) is 28.6 Å². The maximum atomic E-state index is 12.5. The molecule has 5 heteroatoms. The summed E-state index contributed by atoms with van der Waals surface area (Å²) >= 11 is 6.10. The van der Waals surface area contributed by atoms with Crippen LogP contribution in [0.4, 0.5) is 0 Å². The highest BCUT2D eigenvalue weighted by Crippen LogP contribution is 2.30. The molecular weight excluding hydrogens is 336 g/mol. The lowest BCUT2D eigenvalue weighted by Gasteiger charge is -2.22. The Hall–Kier alpha value is -2.04. The SMILES string of the molecule is CC(C)[C@H](CO)NC(=O)[C@H](C)c1ccc2c(c1)[nH]c1ccc(Cl)cc12. The van der Waals surface area contributed by atoms with Crippen LogP contribution < -0.4 is 5.32 Å². The highest BCUT2D eigenvalue weighted by Gasteiger charge is 2.21. The molecule has 0 aliphatic heterocycles. The van der Waals surface area contributed by atoms with E-state index in [1.807, 2.05) is 57.2 Å². The maximum absolute atomic E-state index is 12.5. The Bertz CT molecular complexity index is 917. The lowest BCUT2D eigenvalue weighted by Crippen LogP contribution is -2.42. The first kappa shape index (κ1) is 17.8. The van der Waals surface area contributed by atoms with Gasteiger partial charge >= 0.3 is 0 Å². The zero-order valence-electron chi connectivity index (χ0n) is 14.6. The normalized spacial score (nSPS) is 14.2. The number of carbonyl (C=O) groups is 1. The smallest absolute Gasteiger partial charge is 0.227 e. The summed E-state index contributed by atoms with van der Waals surface area (Å²) < 4.78 is 0. The number of aromatic amines is 1. The largest absolute Gasteiger partial charge is 0.394 e. The Labute approximate surface area is 152 Å². The minimum absolute atomic E-state index is 0.0576. The zero-order valence-corrected chi connectivity index (χ0v) is 15.4. The van der Waals surface area contributed by atoms with Crippen molar-refractivity contribution in [3.63, 3.8) is 0 Å². The predicted molar refractivity (Wildman–Crippen MR) is 103 cm³/mol. The van der Waals surface area contributed by atoms with E-state index in [2.05, 4.69) is 10.3 Å². The first-order valence-corrected chi connectivity index (χ1v) is 8.90. The molecule has 0 spiro atoms. The van der Waals surface area contributed by atoms with Gasteiger partial charge in [0.15, 0.2) is 0 Å². The van der Waals surface area contributed by atoms with Gasteiger partial charge < -0.3 is 15.4 Å². The second-order valence-electron chi connectivity index (χ2n) is 6.88. The molecule has 25 heavy (non-hydrogen) atoms. The minimum Gasteiger partial charge on any atom is -0.394 e. The Balaban J connectivity index is 1.90. The van der Waals surface area contributed by atoms with Gasteiger partial charge in [0.1, 0.15) is 0 Å². The van der Waals surface area contributed by atoms with Gasteiger partial charge in [-0.2, -0.15) is 0 Å². The summed E-state index contributed by atoms with van der Waals surface area (Å²) in [5.74, 6) is -0.194. The summed E-state index contributed by atoms with van der Waals surface area (Å²) in [5.41, 5.74) is 2.94. The number of aromatic nitrogens is 1. The molecule has 0 aliphatic rings. The van der Waals surface area contributed by atoms with Gasteiger partial charge in [-0.25, -0.2) is 0 Å². The first-order valence-electron chi connectivity index (χ1n) is 8.53. The van der Waals surface area contributed by atoms with Crippen molar-refractivity contribution >= 4 is 39.3 Å². The molecule has 3 N–H and O–H groups in total. The number of hydrogen-bond acceptors (Lipinski definition) is 2. The third-order valence-electron chi connectivity index (χ3n) is 4.81. The number of H-pyrrole nitrogens is 1. The third kappa shape index (κ3) is 3.51. The van der Waals surface area contributed by atoms with Crippen LogP contribution in [0.3, 0.4) is 0 Å². The summed E-state index contributed by atoms with van der Waals surface area (Å²) in [6, 6.07) is 11.5. The van der Waals surface area contributed by atoms with Crippen LogP contribution >= 0.6 is 11.6 Å². The zero-order chi connectivity index (χ0) is 18.1. The van der Waals surface area contributed by atoms with Crippen LogP contribution in [0.5, 0.6) is 0 Å². The van der Waals surface area contributed by atoms with E-state index in [1.54, 1.807) is 0 Å². The number of carbonyl (C=O) groups excluding carboxylic acids is 1. The number of rotatable bonds is 5. The van der Waals surface area contributed by atoms with Crippen molar-refractivity contribution in [1.82, 2.24) is 10.3 Å². The highest BCUT2D eigenvalue weighted by molar-refractivity contribution is 6.31. The molecule has 0 radical (unpaired) electrons. The first-order chi connectivity index (χ1) is 11.9. The lowest BCUT2D eigenvalue weighted by molar-refractivity contribution is -0.123. The second-order valence-corrected chi connectivity index (χ2v) is 7.32. The molecule has 2 aromatic carbocycles. The molecular formula is C20H23ClN2O2. The third-order valence-corrected chi connectivity index (χ3v) is 5.04. The topological polar surface area (TPSA) is 65.1 Å². The number of amides is 1. The van der Waals surface area contributed by atoms with Crippen LogP contribution in [-0.2, 0) is 4.79 Å². The Kier molecular flexibility index (Phi) is 5.02. The average molecular weight is 359 g/mol. The number of aliphatic hydroxyl groups excluding tert-OH is 1. The minimum atomic E-state index is -0.299. The molecule has 2 atom stereocenters. The monoisotopic (exact) mass is 358 g/mol. The fourth-order valence-electron chi connectivity index (χ4n) is 3.05. The summed E-state index contributed by atoms with van der Waals surface area (Å²) in [4.78, 5) is 15.9. The van der Waals surface area contributed by atoms with E-state index in [9.17, 15) is 9.90 Å². The van der Waals surface area contributed by atoms with Crippen molar-refractivity contribution in [3.8, 4) is 0 Å². The predicted octanol–water partition coefficient (Wildman–Crippen LogP) is 4.21. The van der Waals surface area contributed by atoms with E-state index < -0.39 is 0 Å². The Morgan fingerprint density at radius 3 is 2.56 bits per heavy atom. The molecule has 0 aliphatic carbocycles. The average Bonchev–Trinajstić information content (AvgIpc) is 2.95. The molecule has 0 bridgehead atoms. The summed E-state index contributed by atoms with van der Waals surface area (Å²) in [5, 5.41) is 15.2. The van der Waals surface area contributed by atoms with Gasteiger partial charge in [0.05, 0.1) is 18.6 Å². The summed E-state index contributed by atoms with van der Waals surface area (Å²) in [6.45, 7) is 5.78. The molecule has 3 rings (SSSR count). The molecule has 0 saturated heterocycles. The molecule has 1 amide bonds. The van der Waals surface area contributed by atoms with E-state index in [0.29, 0.717) is 5.02 Å². The van der Waals surface area contributed by atoms with Crippen molar-refractivity contribution in [3.05, 3.63) is 47.0 Å². The van der Waals surface area contributed by atoms with Crippen LogP contribution in [0.1, 0.15) is 32.3 Å². The van der Waals surface area contributed by atoms with E-state index in [1.165, 1.54) is 0 Å². The molecule has 132 valence electrons. The number of nitrogens with one attached hydrogen (secondary N) is 2. The van der Waals surface area contributed by atoms with Crippen LogP contribution in [0, 0.1) is 5.92 Å². The number of fused-ring (bicyclic) bond motifs is 3. The molecule has 1 heterocycles. The fourth-order valence-corrected chi connectivity index (χ4v) is 3.22. The Morgan fingerprint density at radius 2 is 1.88 bits per heavy atom. The molecule has 3 aromatic rings. The number of benzene rings is 2. The maximum Gasteiger partial charge on any atom is 0.227 e. The molecule has 1 aromatic heterocycles. The molecule has 0 unspecified atom stereocenters. The Morgan fingerprint density at radius 1 is 1.12 bits per heavy atom. The molecule has 0 saturated carbocycles. The van der Waals surface area contributed by atoms with Gasteiger partial charge in [-0.1, -0.05) is 37.6 Å². The van der Waals surface area contributed by atoms with E-state index in [4.69, 9.17) is 11.6 Å². The fraction of sp³-hybridized carbons (Fsp3) is 0.350. The number of aliphatic hydroxyl groups is 1. The quantitative estimate of drug-likeness (QED) is 0.639. The second kappa shape index (κ2) is 7.06. The molecule has 0 fully saturated rings. The van der Waals surface area contributed by atoms with Crippen LogP contribution in [0.25, 0.3) is 21.8 Å². The van der Waals surface area contributed by atoms with Gasteiger partial charge in [0.25, 0.3) is 0 Å². The van der Waals surface area contributed by atoms with Crippen LogP contribution in [0.15, 0.2) is 36.4 Å². The number of hydrogen-bond donors (Lipinski definition) is 3. The van der Waals surface area contributed by atoms with E-state index in [0.717, 1.165) is 27.4 Å². The van der Waals surface area contributed by atoms with Gasteiger partial charge in [-0.15, -0.1) is 0 Å². The number of halogens is 1. The summed E-state index contributed by atoms with van der Waals surface area (Å²) in [7, 11) is 0. The van der Waals surface area contributed by atoms with Gasteiger partial charge in [0, 0.05) is 26.8 Å². The van der Waals surface area contributed by atoms with Crippen molar-refractivity contribution in [2.45, 2.75) is 32.7 Å². The van der Waals surface area contributed by atoms with E-state index >= 15 is 0 Å². The molecule has 4 nitrogen and oxygen atoms in total. The van der Waals surface area contributed by atoms with Crippen molar-refractivity contribution in [2.75, 3.05) is 6.61 Å². The van der Waals surface area contributed by atoms with Crippen molar-refractivity contribution < 1.29 is 9.90 Å². The lowest BCUT2D eigenvalue weighted by atomic mass is 9.97. The van der Waals surface area contributed by atoms with Crippen molar-refractivity contribution in [2.24, 2.45) is 5.92 Å². The van der Waals surface area contributed by atoms with Crippen molar-refractivity contribution in [1.29, 1.82) is 0 Å².